The maximum absolute atomic E-state index is 12.3. The third-order valence-corrected chi connectivity index (χ3v) is 7.28. The number of alkyl halides is 3. The second-order valence-corrected chi connectivity index (χ2v) is 9.94. The van der Waals surface area contributed by atoms with Gasteiger partial charge in [-0.25, -0.2) is 13.2 Å². The fourth-order valence-corrected chi connectivity index (χ4v) is 4.64. The maximum atomic E-state index is 12.3. The summed E-state index contributed by atoms with van der Waals surface area (Å²) in [5.41, 5.74) is 0.566. The van der Waals surface area contributed by atoms with Crippen molar-refractivity contribution >= 4 is 21.9 Å². The summed E-state index contributed by atoms with van der Waals surface area (Å²) in [4.78, 5) is 24.9. The van der Waals surface area contributed by atoms with E-state index in [4.69, 9.17) is 14.6 Å². The van der Waals surface area contributed by atoms with Gasteiger partial charge in [0.25, 0.3) is 5.91 Å². The maximum Gasteiger partial charge on any atom is 0.490 e. The Kier molecular flexibility index (Phi) is 8.00. The number of nitrogens with zero attached hydrogens (tertiary/aromatic N) is 2. The minimum absolute atomic E-state index is 0.0682. The summed E-state index contributed by atoms with van der Waals surface area (Å²) in [6.07, 6.45) is -1.99. The number of nitrogens with one attached hydrogen (secondary N) is 1. The van der Waals surface area contributed by atoms with Gasteiger partial charge in [-0.3, -0.25) is 9.78 Å². The first-order valence-electron chi connectivity index (χ1n) is 9.43. The molecule has 0 unspecified atom stereocenters. The predicted octanol–water partition coefficient (Wildman–Crippen LogP) is 1.13. The molecule has 0 saturated carbocycles. The van der Waals surface area contributed by atoms with Crippen LogP contribution >= 0.6 is 0 Å². The third-order valence-electron chi connectivity index (χ3n) is 5.07. The van der Waals surface area contributed by atoms with E-state index >= 15 is 0 Å². The number of amides is 1. The van der Waals surface area contributed by atoms with Crippen LogP contribution in [0.3, 0.4) is 0 Å². The Morgan fingerprint density at radius 1 is 1.29 bits per heavy atom. The van der Waals surface area contributed by atoms with Gasteiger partial charge in [-0.1, -0.05) is 0 Å². The Morgan fingerprint density at radius 3 is 2.39 bits per heavy atom. The minimum Gasteiger partial charge on any atom is -0.475 e. The van der Waals surface area contributed by atoms with Gasteiger partial charge in [0.15, 0.2) is 0 Å². The molecular weight excluding hydrogens is 443 g/mol. The summed E-state index contributed by atoms with van der Waals surface area (Å²) in [5, 5.41) is 9.61. The van der Waals surface area contributed by atoms with Crippen LogP contribution in [0.5, 0.6) is 0 Å². The standard InChI is InChI=1S/C16H23N3O4S.C2HF3O2/c1-11(2)24(21,22)19-8-14-13(10-23-15(14)9-19)7-18-16(20)12-3-5-17-6-4-12;3-2(4,5)1(6)7/h3-6,11,13-15H,7-10H2,1-2H3,(H,18,20);(H,6,7)/t13-,14+,15+;/m0./s1. The van der Waals surface area contributed by atoms with Crippen LogP contribution in [-0.2, 0) is 19.6 Å². The van der Waals surface area contributed by atoms with Crippen molar-refractivity contribution in [2.75, 3.05) is 26.2 Å². The lowest BCUT2D eigenvalue weighted by atomic mass is 9.93. The van der Waals surface area contributed by atoms with Crippen LogP contribution < -0.4 is 5.32 Å². The summed E-state index contributed by atoms with van der Waals surface area (Å²) in [5.74, 6) is -2.64. The van der Waals surface area contributed by atoms with E-state index in [1.807, 2.05) is 0 Å². The van der Waals surface area contributed by atoms with Gasteiger partial charge in [-0.15, -0.1) is 0 Å². The van der Waals surface area contributed by atoms with Gasteiger partial charge in [0.05, 0.1) is 18.0 Å². The van der Waals surface area contributed by atoms with Crippen molar-refractivity contribution in [3.8, 4) is 0 Å². The number of aliphatic carboxylic acids is 1. The molecule has 1 aromatic rings. The van der Waals surface area contributed by atoms with Gasteiger partial charge in [0.1, 0.15) is 0 Å². The number of carbonyl (C=O) groups is 2. The summed E-state index contributed by atoms with van der Waals surface area (Å²) in [7, 11) is -3.26. The van der Waals surface area contributed by atoms with Gasteiger partial charge < -0.3 is 15.2 Å². The van der Waals surface area contributed by atoms with Crippen LogP contribution in [0, 0.1) is 11.8 Å². The topological polar surface area (TPSA) is 126 Å². The lowest BCUT2D eigenvalue weighted by molar-refractivity contribution is -0.192. The number of carbonyl (C=O) groups excluding carboxylic acids is 1. The zero-order valence-electron chi connectivity index (χ0n) is 16.9. The number of halogens is 3. The van der Waals surface area contributed by atoms with Gasteiger partial charge in [0.2, 0.25) is 10.0 Å². The summed E-state index contributed by atoms with van der Waals surface area (Å²) in [6.45, 7) is 5.31. The fourth-order valence-electron chi connectivity index (χ4n) is 3.31. The number of hydrogen-bond acceptors (Lipinski definition) is 6. The van der Waals surface area contributed by atoms with Crippen molar-refractivity contribution in [1.29, 1.82) is 0 Å². The highest BCUT2D eigenvalue weighted by Crippen LogP contribution is 2.35. The molecule has 2 aliphatic rings. The first-order chi connectivity index (χ1) is 14.3. The quantitative estimate of drug-likeness (QED) is 0.665. The number of carboxylic acid groups (broad SMARTS) is 1. The molecule has 31 heavy (non-hydrogen) atoms. The molecule has 3 heterocycles. The lowest BCUT2D eigenvalue weighted by Crippen LogP contribution is -2.37. The number of sulfonamides is 1. The molecule has 3 atom stereocenters. The first kappa shape index (κ1) is 25.0. The van der Waals surface area contributed by atoms with E-state index in [0.717, 1.165) is 0 Å². The molecule has 1 aromatic heterocycles. The van der Waals surface area contributed by atoms with Crippen molar-refractivity contribution in [2.45, 2.75) is 31.4 Å². The van der Waals surface area contributed by atoms with Crippen LogP contribution in [0.1, 0.15) is 24.2 Å². The molecule has 2 saturated heterocycles. The van der Waals surface area contributed by atoms with Crippen molar-refractivity contribution in [3.05, 3.63) is 30.1 Å². The summed E-state index contributed by atoms with van der Waals surface area (Å²) in [6, 6.07) is 3.33. The van der Waals surface area contributed by atoms with Crippen LogP contribution in [0.25, 0.3) is 0 Å². The van der Waals surface area contributed by atoms with Crippen molar-refractivity contribution in [1.82, 2.24) is 14.6 Å². The zero-order valence-corrected chi connectivity index (χ0v) is 17.7. The molecule has 0 aliphatic carbocycles. The van der Waals surface area contributed by atoms with Crippen LogP contribution in [0.15, 0.2) is 24.5 Å². The molecule has 0 radical (unpaired) electrons. The van der Waals surface area contributed by atoms with E-state index in [1.165, 1.54) is 4.31 Å². The second-order valence-electron chi connectivity index (χ2n) is 7.46. The lowest BCUT2D eigenvalue weighted by Gasteiger charge is -2.21. The molecule has 3 rings (SSSR count). The van der Waals surface area contributed by atoms with E-state index < -0.39 is 27.4 Å². The smallest absolute Gasteiger partial charge is 0.475 e. The Hall–Kier alpha value is -2.25. The molecular formula is C18H24F3N3O6S. The Morgan fingerprint density at radius 2 is 1.87 bits per heavy atom. The van der Waals surface area contributed by atoms with Crippen molar-refractivity contribution in [3.63, 3.8) is 0 Å². The average Bonchev–Trinajstić information content (AvgIpc) is 3.28. The molecule has 0 bridgehead atoms. The van der Waals surface area contributed by atoms with Gasteiger partial charge in [0, 0.05) is 49.4 Å². The highest BCUT2D eigenvalue weighted by molar-refractivity contribution is 7.89. The Bertz CT molecular complexity index is 879. The number of hydrogen-bond donors (Lipinski definition) is 2. The zero-order chi connectivity index (χ0) is 23.4. The van der Waals surface area contributed by atoms with E-state index in [9.17, 15) is 26.4 Å². The molecule has 2 N–H and O–H groups in total. The van der Waals surface area contributed by atoms with Gasteiger partial charge in [-0.05, 0) is 26.0 Å². The van der Waals surface area contributed by atoms with Gasteiger partial charge in [-0.2, -0.15) is 17.5 Å². The van der Waals surface area contributed by atoms with Crippen molar-refractivity contribution in [2.24, 2.45) is 11.8 Å². The van der Waals surface area contributed by atoms with Crippen LogP contribution in [0.4, 0.5) is 13.2 Å². The number of aromatic nitrogens is 1. The molecule has 2 aliphatic heterocycles. The summed E-state index contributed by atoms with van der Waals surface area (Å²) >= 11 is 0. The van der Waals surface area contributed by atoms with Gasteiger partial charge >= 0.3 is 12.1 Å². The second kappa shape index (κ2) is 9.92. The monoisotopic (exact) mass is 467 g/mol. The van der Waals surface area contributed by atoms with E-state index in [0.29, 0.717) is 31.8 Å². The number of fused-ring (bicyclic) bond motifs is 1. The Balaban J connectivity index is 0.000000423. The highest BCUT2D eigenvalue weighted by Gasteiger charge is 2.47. The average molecular weight is 467 g/mol. The molecule has 0 spiro atoms. The van der Waals surface area contributed by atoms with Crippen LogP contribution in [-0.4, -0.2) is 78.5 Å². The largest absolute Gasteiger partial charge is 0.490 e. The molecule has 0 aromatic carbocycles. The molecule has 9 nitrogen and oxygen atoms in total. The highest BCUT2D eigenvalue weighted by atomic mass is 32.2. The Labute approximate surface area is 177 Å². The molecule has 1 amide bonds. The molecule has 13 heteroatoms. The first-order valence-corrected chi connectivity index (χ1v) is 10.9. The number of rotatable bonds is 5. The normalized spacial score (nSPS) is 23.7. The van der Waals surface area contributed by atoms with Crippen molar-refractivity contribution < 1.29 is 41.0 Å². The number of carboxylic acids is 1. The SMILES string of the molecule is CC(C)S(=O)(=O)N1C[C@@H]2[C@@H](CNC(=O)c3ccncc3)CO[C@@H]2C1.O=C(O)C(F)(F)F. The minimum atomic E-state index is -5.08. The van der Waals surface area contributed by atoms with E-state index in [-0.39, 0.29) is 23.8 Å². The van der Waals surface area contributed by atoms with E-state index in [1.54, 1.807) is 38.4 Å². The third kappa shape index (κ3) is 6.37. The molecule has 2 fully saturated rings. The number of ether oxygens (including phenoxy) is 1. The van der Waals surface area contributed by atoms with E-state index in [2.05, 4.69) is 10.3 Å². The van der Waals surface area contributed by atoms with Crippen LogP contribution in [0.2, 0.25) is 0 Å². The summed E-state index contributed by atoms with van der Waals surface area (Å²) < 4.78 is 63.7. The molecule has 174 valence electrons. The number of pyridine rings is 1. The fraction of sp³-hybridized carbons (Fsp3) is 0.611. The predicted molar refractivity (Wildman–Crippen MR) is 103 cm³/mol.